The lowest BCUT2D eigenvalue weighted by molar-refractivity contribution is 1.19. The Morgan fingerprint density at radius 2 is 1.30 bits per heavy atom. The number of hydrogen-bond donors (Lipinski definition) is 0. The molecule has 0 aliphatic rings. The van der Waals surface area contributed by atoms with Gasteiger partial charge >= 0.3 is 0 Å². The van der Waals surface area contributed by atoms with E-state index in [9.17, 15) is 0 Å². The average Bonchev–Trinajstić information content (AvgIpc) is 3.48. The molecule has 174 valence electrons. The Kier molecular flexibility index (Phi) is 4.61. The predicted molar refractivity (Wildman–Crippen MR) is 164 cm³/mol. The van der Waals surface area contributed by atoms with E-state index in [2.05, 4.69) is 142 Å². The van der Waals surface area contributed by atoms with Crippen LogP contribution >= 0.6 is 27.3 Å². The number of fused-ring (bicyclic) bond motifs is 8. The Balaban J connectivity index is 1.46. The molecule has 2 aromatic heterocycles. The van der Waals surface area contributed by atoms with E-state index in [0.717, 1.165) is 4.47 Å². The first-order valence-corrected chi connectivity index (χ1v) is 14.0. The van der Waals surface area contributed by atoms with Gasteiger partial charge in [0.25, 0.3) is 0 Å². The number of nitrogens with zero attached hydrogens (tertiary/aromatic N) is 1. The van der Waals surface area contributed by atoms with E-state index in [1.165, 1.54) is 69.6 Å². The molecule has 0 fully saturated rings. The first-order chi connectivity index (χ1) is 18.3. The Morgan fingerprint density at radius 1 is 0.541 bits per heavy atom. The van der Waals surface area contributed by atoms with Gasteiger partial charge < -0.3 is 4.57 Å². The second-order valence-corrected chi connectivity index (χ2v) is 11.4. The van der Waals surface area contributed by atoms with Crippen molar-refractivity contribution in [2.75, 3.05) is 0 Å². The van der Waals surface area contributed by atoms with Gasteiger partial charge in [-0.05, 0) is 64.4 Å². The summed E-state index contributed by atoms with van der Waals surface area (Å²) in [7, 11) is 0. The minimum atomic E-state index is 1.11. The molecule has 0 aliphatic heterocycles. The second kappa shape index (κ2) is 8.04. The highest BCUT2D eigenvalue weighted by atomic mass is 79.9. The molecule has 0 saturated carbocycles. The highest BCUT2D eigenvalue weighted by molar-refractivity contribution is 9.10. The van der Waals surface area contributed by atoms with Crippen LogP contribution in [-0.2, 0) is 0 Å². The van der Waals surface area contributed by atoms with Gasteiger partial charge in [-0.15, -0.1) is 11.3 Å². The van der Waals surface area contributed by atoms with Crippen LogP contribution in [0.3, 0.4) is 0 Å². The van der Waals surface area contributed by atoms with E-state index in [1.54, 1.807) is 0 Å². The number of aromatic nitrogens is 1. The van der Waals surface area contributed by atoms with Gasteiger partial charge in [0, 0.05) is 41.1 Å². The average molecular weight is 555 g/mol. The Morgan fingerprint density at radius 3 is 2.22 bits per heavy atom. The van der Waals surface area contributed by atoms with E-state index < -0.39 is 0 Å². The van der Waals surface area contributed by atoms with Crippen molar-refractivity contribution in [1.82, 2.24) is 4.57 Å². The van der Waals surface area contributed by atoms with Crippen molar-refractivity contribution in [3.8, 4) is 16.8 Å². The first-order valence-electron chi connectivity index (χ1n) is 12.4. The zero-order chi connectivity index (χ0) is 24.5. The number of rotatable bonds is 2. The minimum Gasteiger partial charge on any atom is -0.309 e. The second-order valence-electron chi connectivity index (χ2n) is 9.51. The molecule has 0 N–H and O–H groups in total. The van der Waals surface area contributed by atoms with Crippen LogP contribution in [0.4, 0.5) is 0 Å². The quantitative estimate of drug-likeness (QED) is 0.200. The van der Waals surface area contributed by atoms with Crippen molar-refractivity contribution in [2.45, 2.75) is 0 Å². The third-order valence-electron chi connectivity index (χ3n) is 7.46. The van der Waals surface area contributed by atoms with Gasteiger partial charge in [-0.1, -0.05) is 94.8 Å². The summed E-state index contributed by atoms with van der Waals surface area (Å²) < 4.78 is 6.20. The van der Waals surface area contributed by atoms with E-state index in [0.29, 0.717) is 0 Å². The standard InChI is InChI=1S/C34H20BrNS/c35-29-11-5-3-8-24(29)22-13-16-27-26-10-4-6-12-30(26)36(31(27)19-22)23-15-18-32-28(20-23)34-25-9-2-1-7-21(25)14-17-33(34)37-32/h1-20H. The van der Waals surface area contributed by atoms with Crippen molar-refractivity contribution < 1.29 is 0 Å². The van der Waals surface area contributed by atoms with Crippen molar-refractivity contribution >= 4 is 80.0 Å². The number of hydrogen-bond acceptors (Lipinski definition) is 1. The van der Waals surface area contributed by atoms with Crippen molar-refractivity contribution in [2.24, 2.45) is 0 Å². The van der Waals surface area contributed by atoms with Crippen LogP contribution in [0.5, 0.6) is 0 Å². The van der Waals surface area contributed by atoms with E-state index in [-0.39, 0.29) is 0 Å². The van der Waals surface area contributed by atoms with Crippen LogP contribution < -0.4 is 0 Å². The molecular formula is C34H20BrNS. The third-order valence-corrected chi connectivity index (χ3v) is 9.29. The fourth-order valence-electron chi connectivity index (χ4n) is 5.79. The Labute approximate surface area is 226 Å². The summed E-state index contributed by atoms with van der Waals surface area (Å²) in [4.78, 5) is 0. The number of para-hydroxylation sites is 1. The molecule has 0 spiro atoms. The molecular weight excluding hydrogens is 534 g/mol. The van der Waals surface area contributed by atoms with Crippen molar-refractivity contribution in [1.29, 1.82) is 0 Å². The number of benzene rings is 6. The van der Waals surface area contributed by atoms with Crippen LogP contribution in [0.25, 0.3) is 69.6 Å². The molecule has 37 heavy (non-hydrogen) atoms. The van der Waals surface area contributed by atoms with Crippen LogP contribution in [0, 0.1) is 0 Å². The van der Waals surface area contributed by atoms with Gasteiger partial charge in [0.05, 0.1) is 11.0 Å². The Bertz CT molecular complexity index is 2160. The molecule has 0 aliphatic carbocycles. The van der Waals surface area contributed by atoms with Gasteiger partial charge in [-0.25, -0.2) is 0 Å². The minimum absolute atomic E-state index is 1.11. The van der Waals surface area contributed by atoms with Crippen LogP contribution in [0.15, 0.2) is 126 Å². The maximum atomic E-state index is 3.75. The maximum absolute atomic E-state index is 3.75. The van der Waals surface area contributed by atoms with Crippen molar-refractivity contribution in [3.63, 3.8) is 0 Å². The van der Waals surface area contributed by atoms with Crippen LogP contribution in [0.2, 0.25) is 0 Å². The predicted octanol–water partition coefficient (Wildman–Crippen LogP) is 10.7. The smallest absolute Gasteiger partial charge is 0.0547 e. The van der Waals surface area contributed by atoms with Gasteiger partial charge in [-0.3, -0.25) is 0 Å². The third kappa shape index (κ3) is 3.14. The van der Waals surface area contributed by atoms with Gasteiger partial charge in [0.1, 0.15) is 0 Å². The van der Waals surface area contributed by atoms with Gasteiger partial charge in [0.15, 0.2) is 0 Å². The molecule has 8 rings (SSSR count). The number of thiophene rings is 1. The zero-order valence-electron chi connectivity index (χ0n) is 19.8. The molecule has 0 bridgehead atoms. The Hall–Kier alpha value is -3.92. The number of halogens is 1. The lowest BCUT2D eigenvalue weighted by Gasteiger charge is -2.10. The monoisotopic (exact) mass is 553 g/mol. The van der Waals surface area contributed by atoms with Crippen LogP contribution in [0.1, 0.15) is 0 Å². The molecule has 0 saturated heterocycles. The molecule has 8 aromatic rings. The zero-order valence-corrected chi connectivity index (χ0v) is 22.2. The molecule has 6 aromatic carbocycles. The van der Waals surface area contributed by atoms with E-state index >= 15 is 0 Å². The summed E-state index contributed by atoms with van der Waals surface area (Å²) in [5.74, 6) is 0. The summed E-state index contributed by atoms with van der Waals surface area (Å²) in [6.45, 7) is 0. The first kappa shape index (κ1) is 21.2. The fourth-order valence-corrected chi connectivity index (χ4v) is 7.40. The van der Waals surface area contributed by atoms with Crippen molar-refractivity contribution in [3.05, 3.63) is 126 Å². The lowest BCUT2D eigenvalue weighted by Crippen LogP contribution is -1.93. The normalized spacial score (nSPS) is 11.9. The summed E-state index contributed by atoms with van der Waals surface area (Å²) in [6.07, 6.45) is 0. The molecule has 0 unspecified atom stereocenters. The highest BCUT2D eigenvalue weighted by Crippen LogP contribution is 2.41. The molecule has 0 atom stereocenters. The maximum Gasteiger partial charge on any atom is 0.0547 e. The summed E-state index contributed by atoms with van der Waals surface area (Å²) in [5.41, 5.74) is 6.04. The summed E-state index contributed by atoms with van der Waals surface area (Å²) in [6, 6.07) is 44.2. The van der Waals surface area contributed by atoms with Gasteiger partial charge in [0.2, 0.25) is 0 Å². The summed E-state index contributed by atoms with van der Waals surface area (Å²) >= 11 is 5.63. The largest absolute Gasteiger partial charge is 0.309 e. The summed E-state index contributed by atoms with van der Waals surface area (Å²) in [5, 5.41) is 7.83. The van der Waals surface area contributed by atoms with Crippen LogP contribution in [-0.4, -0.2) is 4.57 Å². The van der Waals surface area contributed by atoms with E-state index in [1.807, 2.05) is 11.3 Å². The van der Waals surface area contributed by atoms with Gasteiger partial charge in [-0.2, -0.15) is 0 Å². The SMILES string of the molecule is Brc1ccccc1-c1ccc2c3ccccc3n(-c3ccc4sc5ccc6ccccc6c5c4c3)c2c1. The molecule has 3 heteroatoms. The fraction of sp³-hybridized carbons (Fsp3) is 0. The molecule has 0 amide bonds. The lowest BCUT2D eigenvalue weighted by atomic mass is 10.0. The molecule has 1 nitrogen and oxygen atoms in total. The molecule has 2 heterocycles. The van der Waals surface area contributed by atoms with E-state index in [4.69, 9.17) is 0 Å². The highest BCUT2D eigenvalue weighted by Gasteiger charge is 2.16. The molecule has 0 radical (unpaired) electrons. The topological polar surface area (TPSA) is 4.93 Å².